The fourth-order valence-corrected chi connectivity index (χ4v) is 3.42. The minimum absolute atomic E-state index is 0.551. The molecule has 0 atom stereocenters. The number of ether oxygens (including phenoxy) is 2. The van der Waals surface area contributed by atoms with E-state index in [1.54, 1.807) is 14.2 Å². The molecule has 0 aliphatic carbocycles. The summed E-state index contributed by atoms with van der Waals surface area (Å²) in [7, 11) is 1.80. The van der Waals surface area contributed by atoms with Gasteiger partial charge in [0, 0.05) is 27.8 Å². The Hall–Kier alpha value is -2.22. The molecular weight excluding hydrogens is 325 g/mol. The summed E-state index contributed by atoms with van der Waals surface area (Å²) in [6, 6.07) is 13.6. The smallest absolute Gasteiger partial charge is 0.493 e. The summed E-state index contributed by atoms with van der Waals surface area (Å²) in [6.45, 7) is 0.651. The van der Waals surface area contributed by atoms with Crippen LogP contribution in [0.3, 0.4) is 0 Å². The van der Waals surface area contributed by atoms with Gasteiger partial charge in [0.1, 0.15) is 0 Å². The van der Waals surface area contributed by atoms with Gasteiger partial charge in [-0.1, -0.05) is 6.07 Å². The Kier molecular flexibility index (Phi) is 4.94. The van der Waals surface area contributed by atoms with Crippen molar-refractivity contribution in [3.8, 4) is 11.5 Å². The first kappa shape index (κ1) is 16.6. The quantitative estimate of drug-likeness (QED) is 0.599. The van der Waals surface area contributed by atoms with Crippen LogP contribution in [0.25, 0.3) is 10.1 Å². The molecule has 3 aromatic rings. The summed E-state index contributed by atoms with van der Waals surface area (Å²) in [5, 5.41) is 22.9. The zero-order chi connectivity index (χ0) is 17.1. The van der Waals surface area contributed by atoms with Crippen LogP contribution in [0.1, 0.15) is 5.56 Å². The second kappa shape index (κ2) is 7.13. The number of methoxy groups -OCH3 is 2. The van der Waals surface area contributed by atoms with E-state index >= 15 is 0 Å². The third-order valence-corrected chi connectivity index (χ3v) is 4.89. The molecule has 3 rings (SSSR count). The predicted molar refractivity (Wildman–Crippen MR) is 98.5 cm³/mol. The fraction of sp³-hybridized carbons (Fsp3) is 0.176. The van der Waals surface area contributed by atoms with Gasteiger partial charge >= 0.3 is 7.12 Å². The molecule has 0 radical (unpaired) electrons. The zero-order valence-electron chi connectivity index (χ0n) is 13.4. The molecule has 1 heterocycles. The van der Waals surface area contributed by atoms with Crippen LogP contribution in [0, 0.1) is 0 Å². The highest BCUT2D eigenvalue weighted by Gasteiger charge is 2.14. The van der Waals surface area contributed by atoms with Gasteiger partial charge in [0.05, 0.1) is 14.2 Å². The molecule has 0 amide bonds. The molecule has 0 saturated carbocycles. The lowest BCUT2D eigenvalue weighted by Gasteiger charge is -2.11. The molecule has 0 unspecified atom stereocenters. The highest BCUT2D eigenvalue weighted by Crippen LogP contribution is 2.30. The lowest BCUT2D eigenvalue weighted by molar-refractivity contribution is 0.355. The molecule has 0 aliphatic heterocycles. The third-order valence-electron chi connectivity index (χ3n) is 3.73. The van der Waals surface area contributed by atoms with Crippen LogP contribution in [0.15, 0.2) is 42.5 Å². The van der Waals surface area contributed by atoms with E-state index < -0.39 is 7.12 Å². The van der Waals surface area contributed by atoms with Gasteiger partial charge in [-0.15, -0.1) is 11.3 Å². The number of benzene rings is 2. The predicted octanol–water partition coefficient (Wildman–Crippen LogP) is 2.21. The van der Waals surface area contributed by atoms with Gasteiger partial charge in [-0.25, -0.2) is 0 Å². The number of hydrogen-bond donors (Lipinski definition) is 3. The van der Waals surface area contributed by atoms with Crippen molar-refractivity contribution in [3.63, 3.8) is 0 Å². The van der Waals surface area contributed by atoms with Crippen molar-refractivity contribution in [2.45, 2.75) is 6.54 Å². The van der Waals surface area contributed by atoms with E-state index in [1.165, 1.54) is 11.3 Å². The molecule has 1 aromatic heterocycles. The molecule has 24 heavy (non-hydrogen) atoms. The van der Waals surface area contributed by atoms with Gasteiger partial charge in [0.15, 0.2) is 11.5 Å². The second-order valence-electron chi connectivity index (χ2n) is 5.32. The molecule has 0 spiro atoms. The molecule has 0 fully saturated rings. The van der Waals surface area contributed by atoms with E-state index in [1.807, 2.05) is 42.5 Å². The van der Waals surface area contributed by atoms with Crippen molar-refractivity contribution in [2.24, 2.45) is 0 Å². The Morgan fingerprint density at radius 1 is 1.00 bits per heavy atom. The van der Waals surface area contributed by atoms with Crippen molar-refractivity contribution in [1.82, 2.24) is 0 Å². The maximum absolute atomic E-state index is 9.27. The molecular formula is C17H18BNO4S. The van der Waals surface area contributed by atoms with E-state index in [0.717, 1.165) is 21.3 Å². The third kappa shape index (κ3) is 3.48. The average Bonchev–Trinajstić information content (AvgIpc) is 3.03. The maximum Gasteiger partial charge on any atom is 0.499 e. The van der Waals surface area contributed by atoms with Gasteiger partial charge in [0.2, 0.25) is 0 Å². The largest absolute Gasteiger partial charge is 0.499 e. The molecule has 0 bridgehead atoms. The van der Waals surface area contributed by atoms with E-state index in [0.29, 0.717) is 22.8 Å². The molecule has 2 aromatic carbocycles. The number of hydrogen-bond acceptors (Lipinski definition) is 6. The molecule has 7 heteroatoms. The number of thiophene rings is 1. The Labute approximate surface area is 144 Å². The average molecular weight is 343 g/mol. The topological polar surface area (TPSA) is 71.0 Å². The Bertz CT molecular complexity index is 850. The summed E-state index contributed by atoms with van der Waals surface area (Å²) >= 11 is 1.39. The summed E-state index contributed by atoms with van der Waals surface area (Å²) in [6.07, 6.45) is 0. The van der Waals surface area contributed by atoms with Gasteiger partial charge in [-0.05, 0) is 41.3 Å². The van der Waals surface area contributed by atoms with Gasteiger partial charge in [0.25, 0.3) is 0 Å². The van der Waals surface area contributed by atoms with Crippen LogP contribution >= 0.6 is 11.3 Å². The van der Waals surface area contributed by atoms with Crippen LogP contribution in [0.5, 0.6) is 11.5 Å². The van der Waals surface area contributed by atoms with Crippen molar-refractivity contribution in [2.75, 3.05) is 19.5 Å². The van der Waals surface area contributed by atoms with Crippen molar-refractivity contribution < 1.29 is 19.5 Å². The van der Waals surface area contributed by atoms with Crippen LogP contribution in [0.2, 0.25) is 0 Å². The Morgan fingerprint density at radius 2 is 1.79 bits per heavy atom. The Balaban J connectivity index is 1.75. The first-order chi connectivity index (χ1) is 11.6. The van der Waals surface area contributed by atoms with E-state index in [9.17, 15) is 10.0 Å². The monoisotopic (exact) mass is 343 g/mol. The van der Waals surface area contributed by atoms with Gasteiger partial charge < -0.3 is 24.8 Å². The fourth-order valence-electron chi connectivity index (χ4n) is 2.50. The molecule has 124 valence electrons. The Morgan fingerprint density at radius 3 is 2.50 bits per heavy atom. The maximum atomic E-state index is 9.27. The highest BCUT2D eigenvalue weighted by atomic mass is 32.1. The van der Waals surface area contributed by atoms with E-state index in [2.05, 4.69) is 5.32 Å². The number of rotatable bonds is 6. The standard InChI is InChI=1S/C17H18BNO4S/c1-22-14-5-4-13(9-15(14)23-2)19-10-11-3-6-16-12(7-11)8-17(24-16)18(20)21/h3-9,19-21H,10H2,1-2H3. The first-order valence-corrected chi connectivity index (χ1v) is 8.27. The van der Waals surface area contributed by atoms with E-state index in [4.69, 9.17) is 9.47 Å². The summed E-state index contributed by atoms with van der Waals surface area (Å²) in [5.74, 6) is 1.37. The van der Waals surface area contributed by atoms with Crippen LogP contribution < -0.4 is 19.6 Å². The number of fused-ring (bicyclic) bond motifs is 1. The highest BCUT2D eigenvalue weighted by molar-refractivity contribution is 7.27. The van der Waals surface area contributed by atoms with Crippen molar-refractivity contribution in [3.05, 3.63) is 48.0 Å². The normalized spacial score (nSPS) is 10.7. The van der Waals surface area contributed by atoms with E-state index in [-0.39, 0.29) is 0 Å². The minimum Gasteiger partial charge on any atom is -0.493 e. The van der Waals surface area contributed by atoms with Crippen molar-refractivity contribution >= 4 is 39.0 Å². The first-order valence-electron chi connectivity index (χ1n) is 7.45. The molecule has 0 saturated heterocycles. The van der Waals surface area contributed by atoms with Gasteiger partial charge in [-0.3, -0.25) is 0 Å². The summed E-state index contributed by atoms with van der Waals surface area (Å²) in [5.41, 5.74) is 2.04. The molecule has 0 aliphatic rings. The molecule has 3 N–H and O–H groups in total. The van der Waals surface area contributed by atoms with Crippen molar-refractivity contribution in [1.29, 1.82) is 0 Å². The number of anilines is 1. The second-order valence-corrected chi connectivity index (χ2v) is 6.43. The summed E-state index contributed by atoms with van der Waals surface area (Å²) in [4.78, 5) is 0. The van der Waals surface area contributed by atoms with Crippen LogP contribution in [-0.2, 0) is 6.54 Å². The SMILES string of the molecule is COc1ccc(NCc2ccc3sc(B(O)O)cc3c2)cc1OC. The summed E-state index contributed by atoms with van der Waals surface area (Å²) < 4.78 is 12.1. The van der Waals surface area contributed by atoms with Crippen LogP contribution in [0.4, 0.5) is 5.69 Å². The minimum atomic E-state index is -1.42. The zero-order valence-corrected chi connectivity index (χ0v) is 14.3. The lowest BCUT2D eigenvalue weighted by atomic mass is 9.89. The molecule has 5 nitrogen and oxygen atoms in total. The van der Waals surface area contributed by atoms with Gasteiger partial charge in [-0.2, -0.15) is 0 Å². The number of nitrogens with one attached hydrogen (secondary N) is 1. The van der Waals surface area contributed by atoms with Crippen LogP contribution in [-0.4, -0.2) is 31.4 Å². The lowest BCUT2D eigenvalue weighted by Crippen LogP contribution is -2.26.